The number of esters is 1. The molecule has 2 aromatic carbocycles. The van der Waals surface area contributed by atoms with Crippen LogP contribution in [0.4, 0.5) is 0 Å². The maximum absolute atomic E-state index is 13.4. The van der Waals surface area contributed by atoms with Crippen LogP contribution in [0.25, 0.3) is 0 Å². The van der Waals surface area contributed by atoms with Crippen LogP contribution >= 0.6 is 0 Å². The van der Waals surface area contributed by atoms with Crippen LogP contribution in [0.2, 0.25) is 0 Å². The molecule has 0 aliphatic carbocycles. The van der Waals surface area contributed by atoms with Crippen LogP contribution in [0, 0.1) is 6.92 Å². The molecule has 2 aromatic rings. The minimum atomic E-state index is -3.97. The molecule has 2 rings (SSSR count). The first kappa shape index (κ1) is 22.4. The fraction of sp³-hybridized carbons (Fsp3) is 0.227. The van der Waals surface area contributed by atoms with Crippen LogP contribution in [0.1, 0.15) is 17.2 Å². The Morgan fingerprint density at radius 3 is 2.17 bits per heavy atom. The van der Waals surface area contributed by atoms with Crippen molar-refractivity contribution in [1.29, 1.82) is 0 Å². The molecule has 0 saturated heterocycles. The highest BCUT2D eigenvalue weighted by molar-refractivity contribution is 7.89. The Bertz CT molecular complexity index is 979. The van der Waals surface area contributed by atoms with E-state index in [2.05, 4.69) is 13.2 Å². The minimum Gasteiger partial charge on any atom is -0.497 e. The molecular weight excluding hydrogens is 390 g/mol. The first-order valence-electron chi connectivity index (χ1n) is 8.86. The number of hydrogen-bond acceptors (Lipinski definition) is 5. The highest BCUT2D eigenvalue weighted by atomic mass is 32.2. The molecule has 0 aliphatic heterocycles. The predicted molar refractivity (Wildman–Crippen MR) is 112 cm³/mol. The lowest BCUT2D eigenvalue weighted by molar-refractivity contribution is -0.136. The molecule has 0 bridgehead atoms. The van der Waals surface area contributed by atoms with Gasteiger partial charge in [-0.2, -0.15) is 4.31 Å². The Labute approximate surface area is 172 Å². The van der Waals surface area contributed by atoms with Gasteiger partial charge in [0.25, 0.3) is 0 Å². The van der Waals surface area contributed by atoms with E-state index in [1.54, 1.807) is 36.4 Å². The van der Waals surface area contributed by atoms with E-state index in [1.165, 1.54) is 36.7 Å². The molecule has 0 unspecified atom stereocenters. The van der Waals surface area contributed by atoms with E-state index < -0.39 is 22.0 Å². The van der Waals surface area contributed by atoms with E-state index in [9.17, 15) is 13.2 Å². The highest BCUT2D eigenvalue weighted by Gasteiger charge is 2.36. The topological polar surface area (TPSA) is 72.9 Å². The van der Waals surface area contributed by atoms with Gasteiger partial charge in [-0.1, -0.05) is 42.5 Å². The van der Waals surface area contributed by atoms with Crippen molar-refractivity contribution in [3.8, 4) is 5.75 Å². The maximum Gasteiger partial charge on any atom is 0.335 e. The van der Waals surface area contributed by atoms with E-state index >= 15 is 0 Å². The molecule has 0 radical (unpaired) electrons. The summed E-state index contributed by atoms with van der Waals surface area (Å²) in [6.07, 6.45) is 1.47. The van der Waals surface area contributed by atoms with Crippen LogP contribution < -0.4 is 4.74 Å². The molecule has 6 nitrogen and oxygen atoms in total. The normalized spacial score (nSPS) is 12.3. The number of sulfonamides is 1. The maximum atomic E-state index is 13.4. The standard InChI is InChI=1S/C22H25NO5S/c1-6-15-23(29(25,26)20-13-7-16(2)8-14-20)21(17(3)22(24)28-5)18-9-11-19(27-4)12-10-18/h6-14,21H,1,3,15H2,2,4-5H3/t21-/m0/s1. The first-order valence-corrected chi connectivity index (χ1v) is 10.3. The van der Waals surface area contributed by atoms with Crippen molar-refractivity contribution >= 4 is 16.0 Å². The zero-order valence-corrected chi connectivity index (χ0v) is 17.6. The van der Waals surface area contributed by atoms with Gasteiger partial charge in [0.1, 0.15) is 5.75 Å². The lowest BCUT2D eigenvalue weighted by atomic mass is 9.99. The number of hydrogen-bond donors (Lipinski definition) is 0. The molecule has 0 aliphatic rings. The van der Waals surface area contributed by atoms with Crippen LogP contribution in [-0.4, -0.2) is 39.5 Å². The van der Waals surface area contributed by atoms with Crippen molar-refractivity contribution in [2.24, 2.45) is 0 Å². The molecule has 0 aromatic heterocycles. The number of carbonyl (C=O) groups is 1. The molecule has 7 heteroatoms. The number of methoxy groups -OCH3 is 2. The van der Waals surface area contributed by atoms with Gasteiger partial charge >= 0.3 is 5.97 Å². The average Bonchev–Trinajstić information content (AvgIpc) is 2.73. The van der Waals surface area contributed by atoms with Crippen molar-refractivity contribution in [2.45, 2.75) is 17.9 Å². The summed E-state index contributed by atoms with van der Waals surface area (Å²) in [6, 6.07) is 12.3. The summed E-state index contributed by atoms with van der Waals surface area (Å²) in [7, 11) is -1.21. The third-order valence-electron chi connectivity index (χ3n) is 4.43. The van der Waals surface area contributed by atoms with Gasteiger partial charge in [-0.3, -0.25) is 0 Å². The molecular formula is C22H25NO5S. The van der Waals surface area contributed by atoms with Gasteiger partial charge in [0.2, 0.25) is 10.0 Å². The zero-order valence-electron chi connectivity index (χ0n) is 16.8. The molecule has 0 fully saturated rings. The third kappa shape index (κ3) is 4.93. The van der Waals surface area contributed by atoms with Gasteiger partial charge in [-0.15, -0.1) is 6.58 Å². The molecule has 0 spiro atoms. The molecule has 0 amide bonds. The molecule has 154 valence electrons. The lowest BCUT2D eigenvalue weighted by Crippen LogP contribution is -2.37. The van der Waals surface area contributed by atoms with Crippen molar-refractivity contribution in [3.63, 3.8) is 0 Å². The van der Waals surface area contributed by atoms with E-state index in [0.29, 0.717) is 11.3 Å². The summed E-state index contributed by atoms with van der Waals surface area (Å²) in [4.78, 5) is 12.4. The lowest BCUT2D eigenvalue weighted by Gasteiger charge is -2.31. The summed E-state index contributed by atoms with van der Waals surface area (Å²) < 4.78 is 38.1. The van der Waals surface area contributed by atoms with Crippen molar-refractivity contribution in [3.05, 3.63) is 84.5 Å². The summed E-state index contributed by atoms with van der Waals surface area (Å²) in [6.45, 7) is 9.35. The van der Waals surface area contributed by atoms with Gasteiger partial charge in [0, 0.05) is 6.54 Å². The SMILES string of the molecule is C=CCN([C@@H](C(=C)C(=O)OC)c1ccc(OC)cc1)S(=O)(=O)c1ccc(C)cc1. The van der Waals surface area contributed by atoms with Crippen molar-refractivity contribution in [2.75, 3.05) is 20.8 Å². The summed E-state index contributed by atoms with van der Waals surface area (Å²) >= 11 is 0. The van der Waals surface area contributed by atoms with Gasteiger partial charge in [0.15, 0.2) is 0 Å². The van der Waals surface area contributed by atoms with Crippen LogP contribution in [0.15, 0.2) is 78.2 Å². The van der Waals surface area contributed by atoms with Crippen LogP contribution in [0.3, 0.4) is 0 Å². The summed E-state index contributed by atoms with van der Waals surface area (Å²) in [5.41, 5.74) is 1.49. The van der Waals surface area contributed by atoms with E-state index in [4.69, 9.17) is 9.47 Å². The number of carbonyl (C=O) groups excluding carboxylic acids is 1. The molecule has 1 atom stereocenters. The summed E-state index contributed by atoms with van der Waals surface area (Å²) in [5.74, 6) is -0.0909. The zero-order chi connectivity index (χ0) is 21.6. The number of nitrogens with zero attached hydrogens (tertiary/aromatic N) is 1. The quantitative estimate of drug-likeness (QED) is 0.355. The highest BCUT2D eigenvalue weighted by Crippen LogP contribution is 2.34. The number of ether oxygens (including phenoxy) is 2. The van der Waals surface area contributed by atoms with Gasteiger partial charge in [-0.05, 0) is 36.8 Å². The average molecular weight is 416 g/mol. The molecule has 29 heavy (non-hydrogen) atoms. The van der Waals surface area contributed by atoms with Gasteiger partial charge in [0.05, 0.1) is 30.7 Å². The minimum absolute atomic E-state index is 0.00444. The second-order valence-corrected chi connectivity index (χ2v) is 8.26. The number of aryl methyl sites for hydroxylation is 1. The summed E-state index contributed by atoms with van der Waals surface area (Å²) in [5, 5.41) is 0. The van der Waals surface area contributed by atoms with E-state index in [-0.39, 0.29) is 17.0 Å². The number of benzene rings is 2. The van der Waals surface area contributed by atoms with Gasteiger partial charge in [-0.25, -0.2) is 13.2 Å². The second-order valence-electron chi connectivity index (χ2n) is 6.37. The first-order chi connectivity index (χ1) is 13.8. The molecule has 0 heterocycles. The smallest absolute Gasteiger partial charge is 0.335 e. The van der Waals surface area contributed by atoms with E-state index in [0.717, 1.165) is 5.56 Å². The van der Waals surface area contributed by atoms with Crippen molar-refractivity contribution < 1.29 is 22.7 Å². The molecule has 0 saturated carbocycles. The third-order valence-corrected chi connectivity index (χ3v) is 6.28. The Hall–Kier alpha value is -2.90. The fourth-order valence-corrected chi connectivity index (χ4v) is 4.46. The van der Waals surface area contributed by atoms with Gasteiger partial charge < -0.3 is 9.47 Å². The van der Waals surface area contributed by atoms with Crippen LogP contribution in [0.5, 0.6) is 5.75 Å². The second kappa shape index (κ2) is 9.54. The Kier molecular flexibility index (Phi) is 7.36. The fourth-order valence-electron chi connectivity index (χ4n) is 2.89. The number of rotatable bonds is 9. The largest absolute Gasteiger partial charge is 0.497 e. The van der Waals surface area contributed by atoms with E-state index in [1.807, 2.05) is 6.92 Å². The molecule has 0 N–H and O–H groups in total. The Balaban J connectivity index is 2.64. The Morgan fingerprint density at radius 1 is 1.10 bits per heavy atom. The van der Waals surface area contributed by atoms with Crippen LogP contribution in [-0.2, 0) is 19.6 Å². The van der Waals surface area contributed by atoms with Crippen molar-refractivity contribution in [1.82, 2.24) is 4.31 Å². The predicted octanol–water partition coefficient (Wildman–Crippen LogP) is 3.65. The Morgan fingerprint density at radius 2 is 1.69 bits per heavy atom. The monoisotopic (exact) mass is 415 g/mol.